The van der Waals surface area contributed by atoms with E-state index in [1.807, 2.05) is 35.1 Å². The molecule has 1 aromatic heterocycles. The van der Waals surface area contributed by atoms with Gasteiger partial charge in [0, 0.05) is 23.9 Å². The van der Waals surface area contributed by atoms with Gasteiger partial charge >= 0.3 is 0 Å². The highest BCUT2D eigenvalue weighted by molar-refractivity contribution is 5.40. The van der Waals surface area contributed by atoms with Crippen LogP contribution in [0.2, 0.25) is 0 Å². The Labute approximate surface area is 108 Å². The lowest BCUT2D eigenvalue weighted by molar-refractivity contribution is 0.414. The summed E-state index contributed by atoms with van der Waals surface area (Å²) in [4.78, 5) is 0. The summed E-state index contributed by atoms with van der Waals surface area (Å²) in [6.07, 6.45) is 1.91. The van der Waals surface area contributed by atoms with Crippen molar-refractivity contribution in [2.24, 2.45) is 0 Å². The first kappa shape index (κ1) is 12.6. The molecule has 0 amide bonds. The summed E-state index contributed by atoms with van der Waals surface area (Å²) in [5.41, 5.74) is 3.40. The Morgan fingerprint density at radius 3 is 2.94 bits per heavy atom. The van der Waals surface area contributed by atoms with Crippen molar-refractivity contribution in [3.8, 4) is 11.4 Å². The Hall–Kier alpha value is -1.81. The van der Waals surface area contributed by atoms with E-state index in [4.69, 9.17) is 4.74 Å². The molecule has 18 heavy (non-hydrogen) atoms. The van der Waals surface area contributed by atoms with Gasteiger partial charge in [0.05, 0.1) is 19.0 Å². The van der Waals surface area contributed by atoms with Crippen LogP contribution in [-0.4, -0.2) is 23.4 Å². The van der Waals surface area contributed by atoms with Crippen LogP contribution in [0.4, 0.5) is 0 Å². The van der Waals surface area contributed by atoms with Crippen molar-refractivity contribution in [2.45, 2.75) is 20.4 Å². The second-order valence-corrected chi connectivity index (χ2v) is 4.15. The van der Waals surface area contributed by atoms with Gasteiger partial charge in [-0.25, -0.2) is 4.68 Å². The third-order valence-corrected chi connectivity index (χ3v) is 2.97. The lowest BCUT2D eigenvalue weighted by atomic mass is 10.2. The van der Waals surface area contributed by atoms with Gasteiger partial charge in [0.1, 0.15) is 5.75 Å². The van der Waals surface area contributed by atoms with E-state index >= 15 is 0 Å². The largest absolute Gasteiger partial charge is 0.497 e. The first-order valence-electron chi connectivity index (χ1n) is 6.15. The van der Waals surface area contributed by atoms with E-state index < -0.39 is 0 Å². The molecule has 0 aliphatic rings. The number of aromatic nitrogens is 2. The van der Waals surface area contributed by atoms with Gasteiger partial charge < -0.3 is 10.1 Å². The minimum Gasteiger partial charge on any atom is -0.497 e. The number of hydrogen-bond donors (Lipinski definition) is 1. The highest BCUT2D eigenvalue weighted by Gasteiger charge is 2.08. The van der Waals surface area contributed by atoms with Crippen molar-refractivity contribution >= 4 is 0 Å². The fourth-order valence-electron chi connectivity index (χ4n) is 1.88. The average Bonchev–Trinajstić information content (AvgIpc) is 2.78. The fraction of sp³-hybridized carbons (Fsp3) is 0.357. The predicted molar refractivity (Wildman–Crippen MR) is 72.2 cm³/mol. The summed E-state index contributed by atoms with van der Waals surface area (Å²) >= 11 is 0. The maximum Gasteiger partial charge on any atom is 0.121 e. The number of benzene rings is 1. The van der Waals surface area contributed by atoms with E-state index in [0.29, 0.717) is 0 Å². The van der Waals surface area contributed by atoms with Crippen molar-refractivity contribution in [3.63, 3.8) is 0 Å². The summed E-state index contributed by atoms with van der Waals surface area (Å²) < 4.78 is 7.17. The molecule has 1 aromatic carbocycles. The number of ether oxygens (including phenoxy) is 1. The van der Waals surface area contributed by atoms with Crippen molar-refractivity contribution in [3.05, 3.63) is 41.7 Å². The van der Waals surface area contributed by atoms with Crippen LogP contribution in [0.1, 0.15) is 18.2 Å². The molecule has 0 saturated heterocycles. The van der Waals surface area contributed by atoms with Crippen molar-refractivity contribution < 1.29 is 4.74 Å². The molecule has 2 aromatic rings. The Bertz CT molecular complexity index is 520. The number of hydrogen-bond acceptors (Lipinski definition) is 3. The molecule has 0 aliphatic heterocycles. The van der Waals surface area contributed by atoms with E-state index in [1.54, 1.807) is 7.11 Å². The summed E-state index contributed by atoms with van der Waals surface area (Å²) in [5.74, 6) is 0.843. The lowest BCUT2D eigenvalue weighted by Gasteiger charge is -2.07. The van der Waals surface area contributed by atoms with Gasteiger partial charge in [0.2, 0.25) is 0 Å². The van der Waals surface area contributed by atoms with Crippen molar-refractivity contribution in [2.75, 3.05) is 13.7 Å². The van der Waals surface area contributed by atoms with E-state index in [0.717, 1.165) is 30.2 Å². The van der Waals surface area contributed by atoms with Crippen LogP contribution in [0.15, 0.2) is 30.5 Å². The molecule has 0 aliphatic carbocycles. The predicted octanol–water partition coefficient (Wildman–Crippen LogP) is 2.30. The lowest BCUT2D eigenvalue weighted by Crippen LogP contribution is -2.12. The van der Waals surface area contributed by atoms with Gasteiger partial charge in [-0.1, -0.05) is 13.0 Å². The normalized spacial score (nSPS) is 10.6. The second-order valence-electron chi connectivity index (χ2n) is 4.15. The van der Waals surface area contributed by atoms with E-state index in [1.165, 1.54) is 5.56 Å². The Morgan fingerprint density at radius 2 is 2.22 bits per heavy atom. The second kappa shape index (κ2) is 5.69. The van der Waals surface area contributed by atoms with Crippen LogP contribution in [0.5, 0.6) is 5.75 Å². The summed E-state index contributed by atoms with van der Waals surface area (Å²) in [6, 6.07) is 7.91. The van der Waals surface area contributed by atoms with Crippen LogP contribution < -0.4 is 10.1 Å². The van der Waals surface area contributed by atoms with E-state index in [9.17, 15) is 0 Å². The zero-order valence-corrected chi connectivity index (χ0v) is 11.1. The monoisotopic (exact) mass is 245 g/mol. The Kier molecular flexibility index (Phi) is 3.99. The molecule has 0 saturated carbocycles. The summed E-state index contributed by atoms with van der Waals surface area (Å²) in [5, 5.41) is 7.75. The fourth-order valence-corrected chi connectivity index (χ4v) is 1.88. The Morgan fingerprint density at radius 1 is 1.39 bits per heavy atom. The number of nitrogens with zero attached hydrogens (tertiary/aromatic N) is 2. The maximum atomic E-state index is 5.23. The van der Waals surface area contributed by atoms with Gasteiger partial charge in [0.15, 0.2) is 0 Å². The maximum absolute atomic E-state index is 5.23. The van der Waals surface area contributed by atoms with Gasteiger partial charge in [-0.05, 0) is 25.6 Å². The molecule has 0 bridgehead atoms. The molecule has 1 N–H and O–H groups in total. The van der Waals surface area contributed by atoms with E-state index in [-0.39, 0.29) is 0 Å². The highest BCUT2D eigenvalue weighted by Crippen LogP contribution is 2.18. The molecule has 2 rings (SSSR count). The van der Waals surface area contributed by atoms with Crippen molar-refractivity contribution in [1.82, 2.24) is 15.1 Å². The van der Waals surface area contributed by atoms with Gasteiger partial charge in [-0.15, -0.1) is 0 Å². The molecule has 0 spiro atoms. The topological polar surface area (TPSA) is 39.1 Å². The van der Waals surface area contributed by atoms with Gasteiger partial charge in [0.25, 0.3) is 0 Å². The molecule has 0 atom stereocenters. The smallest absolute Gasteiger partial charge is 0.121 e. The van der Waals surface area contributed by atoms with Crippen LogP contribution in [0.3, 0.4) is 0 Å². The molecular weight excluding hydrogens is 226 g/mol. The van der Waals surface area contributed by atoms with Gasteiger partial charge in [-0.3, -0.25) is 0 Å². The zero-order chi connectivity index (χ0) is 13.0. The average molecular weight is 245 g/mol. The first-order valence-corrected chi connectivity index (χ1v) is 6.15. The molecule has 0 fully saturated rings. The van der Waals surface area contributed by atoms with Crippen LogP contribution in [-0.2, 0) is 6.54 Å². The molecule has 4 heteroatoms. The van der Waals surface area contributed by atoms with Gasteiger partial charge in [-0.2, -0.15) is 5.10 Å². The third kappa shape index (κ3) is 2.54. The van der Waals surface area contributed by atoms with Crippen LogP contribution in [0, 0.1) is 6.92 Å². The molecule has 4 nitrogen and oxygen atoms in total. The number of rotatable bonds is 5. The number of methoxy groups -OCH3 is 1. The highest BCUT2D eigenvalue weighted by atomic mass is 16.5. The Balaban J connectivity index is 2.30. The molecule has 1 heterocycles. The van der Waals surface area contributed by atoms with Crippen LogP contribution >= 0.6 is 0 Å². The SMILES string of the molecule is CCNCc1cnn(-c2cccc(OC)c2)c1C. The molecular formula is C14H19N3O. The summed E-state index contributed by atoms with van der Waals surface area (Å²) in [7, 11) is 1.67. The zero-order valence-electron chi connectivity index (χ0n) is 11.1. The van der Waals surface area contributed by atoms with Crippen molar-refractivity contribution in [1.29, 1.82) is 0 Å². The minimum atomic E-state index is 0.843. The quantitative estimate of drug-likeness (QED) is 0.878. The molecule has 96 valence electrons. The third-order valence-electron chi connectivity index (χ3n) is 2.97. The number of nitrogens with one attached hydrogen (secondary N) is 1. The minimum absolute atomic E-state index is 0.843. The molecule has 0 unspecified atom stereocenters. The first-order chi connectivity index (χ1) is 8.76. The summed E-state index contributed by atoms with van der Waals surface area (Å²) in [6.45, 7) is 6.00. The van der Waals surface area contributed by atoms with Crippen LogP contribution in [0.25, 0.3) is 5.69 Å². The van der Waals surface area contributed by atoms with E-state index in [2.05, 4.69) is 24.3 Å². The molecule has 0 radical (unpaired) electrons. The standard InChI is InChI=1S/C14H19N3O/c1-4-15-9-12-10-16-17(11(12)2)13-6-5-7-14(8-13)18-3/h5-8,10,15H,4,9H2,1-3H3.